The van der Waals surface area contributed by atoms with Gasteiger partial charge in [-0.2, -0.15) is 0 Å². The minimum atomic E-state index is -0.241. The summed E-state index contributed by atoms with van der Waals surface area (Å²) >= 11 is 3.13. The number of benzene rings is 3. The number of hydrogen-bond acceptors (Lipinski definition) is 8. The number of nitrogens with one attached hydrogen (secondary N) is 3. The van der Waals surface area contributed by atoms with Crippen molar-refractivity contribution in [1.29, 1.82) is 0 Å². The summed E-state index contributed by atoms with van der Waals surface area (Å²) in [5.74, 6) is 0.159. The number of rotatable bonds is 4. The van der Waals surface area contributed by atoms with E-state index in [-0.39, 0.29) is 5.91 Å². The number of amides is 1. The molecule has 0 saturated heterocycles. The Morgan fingerprint density at radius 1 is 0.879 bits per heavy atom. The molecule has 3 N–H and O–H groups in total. The SMILES string of the molecule is O=C1NC(Nc2ccc3nc(Nc4ccccc4)sc3c2)=NC1=Cc1ccc2ncsc2c1. The maximum Gasteiger partial charge on any atom is 0.276 e. The molecule has 5 aromatic rings. The zero-order chi connectivity index (χ0) is 22.2. The largest absolute Gasteiger partial charge is 0.332 e. The summed E-state index contributed by atoms with van der Waals surface area (Å²) in [7, 11) is 0. The quantitative estimate of drug-likeness (QED) is 0.299. The van der Waals surface area contributed by atoms with E-state index in [0.29, 0.717) is 11.7 Å². The summed E-state index contributed by atoms with van der Waals surface area (Å²) in [6.45, 7) is 0. The Kier molecular flexibility index (Phi) is 4.82. The third-order valence-electron chi connectivity index (χ3n) is 5.03. The van der Waals surface area contributed by atoms with Crippen LogP contribution in [0.4, 0.5) is 16.5 Å². The summed E-state index contributed by atoms with van der Waals surface area (Å²) < 4.78 is 2.10. The molecule has 0 atom stereocenters. The number of aromatic nitrogens is 2. The molecular weight excluding hydrogens is 452 g/mol. The number of guanidine groups is 1. The van der Waals surface area contributed by atoms with Gasteiger partial charge in [0.05, 0.1) is 25.9 Å². The fourth-order valence-electron chi connectivity index (χ4n) is 3.48. The van der Waals surface area contributed by atoms with Gasteiger partial charge in [-0.1, -0.05) is 35.6 Å². The predicted molar refractivity (Wildman–Crippen MR) is 136 cm³/mol. The van der Waals surface area contributed by atoms with Crippen molar-refractivity contribution in [2.45, 2.75) is 0 Å². The van der Waals surface area contributed by atoms with Crippen molar-refractivity contribution < 1.29 is 4.79 Å². The van der Waals surface area contributed by atoms with Crippen molar-refractivity contribution >= 4 is 77.6 Å². The molecule has 1 aliphatic rings. The van der Waals surface area contributed by atoms with Crippen molar-refractivity contribution in [3.8, 4) is 0 Å². The molecule has 9 heteroatoms. The molecule has 0 radical (unpaired) electrons. The van der Waals surface area contributed by atoms with E-state index in [0.717, 1.165) is 42.5 Å². The number of anilines is 3. The Hall–Kier alpha value is -4.08. The molecule has 160 valence electrons. The highest BCUT2D eigenvalue weighted by Gasteiger charge is 2.20. The van der Waals surface area contributed by atoms with Crippen LogP contribution in [0.25, 0.3) is 26.5 Å². The lowest BCUT2D eigenvalue weighted by atomic mass is 10.2. The van der Waals surface area contributed by atoms with E-state index in [2.05, 4.69) is 30.9 Å². The predicted octanol–water partition coefficient (Wildman–Crippen LogP) is 5.59. The molecule has 0 spiro atoms. The van der Waals surface area contributed by atoms with Crippen molar-refractivity contribution in [3.05, 3.63) is 83.5 Å². The third kappa shape index (κ3) is 4.07. The number of fused-ring (bicyclic) bond motifs is 2. The summed E-state index contributed by atoms with van der Waals surface area (Å²) in [5, 5.41) is 10.1. The number of para-hydroxylation sites is 1. The summed E-state index contributed by atoms with van der Waals surface area (Å²) in [4.78, 5) is 25.8. The molecule has 7 nitrogen and oxygen atoms in total. The van der Waals surface area contributed by atoms with Gasteiger partial charge in [-0.15, -0.1) is 11.3 Å². The Morgan fingerprint density at radius 2 is 1.76 bits per heavy atom. The topological polar surface area (TPSA) is 91.3 Å². The van der Waals surface area contributed by atoms with Crippen LogP contribution in [0.1, 0.15) is 5.56 Å². The molecule has 3 heterocycles. The Labute approximate surface area is 196 Å². The number of carbonyl (C=O) groups excluding carboxylic acids is 1. The van der Waals surface area contributed by atoms with Gasteiger partial charge in [-0.25, -0.2) is 15.0 Å². The minimum absolute atomic E-state index is 0.241. The maximum atomic E-state index is 12.4. The first kappa shape index (κ1) is 19.6. The van der Waals surface area contributed by atoms with Crippen molar-refractivity contribution in [1.82, 2.24) is 15.3 Å². The molecule has 0 fully saturated rings. The molecule has 0 bridgehead atoms. The summed E-state index contributed by atoms with van der Waals surface area (Å²) in [6.07, 6.45) is 1.77. The molecule has 2 aromatic heterocycles. The lowest BCUT2D eigenvalue weighted by molar-refractivity contribution is -0.115. The van der Waals surface area contributed by atoms with Gasteiger partial charge in [0.25, 0.3) is 5.91 Å². The van der Waals surface area contributed by atoms with E-state index in [4.69, 9.17) is 0 Å². The second-order valence-corrected chi connectivity index (χ2v) is 9.26. The minimum Gasteiger partial charge on any atom is -0.332 e. The van der Waals surface area contributed by atoms with E-state index in [1.165, 1.54) is 0 Å². The highest BCUT2D eigenvalue weighted by molar-refractivity contribution is 7.22. The fourth-order valence-corrected chi connectivity index (χ4v) is 5.14. The van der Waals surface area contributed by atoms with Crippen LogP contribution < -0.4 is 16.0 Å². The van der Waals surface area contributed by atoms with Gasteiger partial charge in [0.1, 0.15) is 5.70 Å². The van der Waals surface area contributed by atoms with E-state index >= 15 is 0 Å². The number of nitrogens with zero attached hydrogens (tertiary/aromatic N) is 3. The average molecular weight is 469 g/mol. The third-order valence-corrected chi connectivity index (χ3v) is 6.76. The molecular formula is C24H16N6OS2. The van der Waals surface area contributed by atoms with Gasteiger partial charge in [0, 0.05) is 11.4 Å². The second kappa shape index (κ2) is 8.12. The number of aliphatic imine (C=N–C) groups is 1. The number of hydrogen-bond donors (Lipinski definition) is 3. The van der Waals surface area contributed by atoms with Crippen molar-refractivity contribution in [3.63, 3.8) is 0 Å². The van der Waals surface area contributed by atoms with Crippen LogP contribution in [-0.2, 0) is 4.79 Å². The van der Waals surface area contributed by atoms with Crippen molar-refractivity contribution in [2.75, 3.05) is 10.6 Å². The number of thiazole rings is 2. The van der Waals surface area contributed by atoms with E-state index in [1.807, 2.05) is 72.2 Å². The smallest absolute Gasteiger partial charge is 0.276 e. The Balaban J connectivity index is 1.22. The molecule has 0 saturated carbocycles. The van der Waals surface area contributed by atoms with Gasteiger partial charge >= 0.3 is 0 Å². The van der Waals surface area contributed by atoms with E-state index < -0.39 is 0 Å². The standard InChI is InChI=1S/C24H16N6OS2/c31-22-19(10-14-6-8-17-20(11-14)32-13-25-17)28-23(30-22)26-16-7-9-18-21(12-16)33-24(29-18)27-15-4-2-1-3-5-15/h1-13H,(H,27,29)(H2,26,28,30,31). The molecule has 33 heavy (non-hydrogen) atoms. The highest BCUT2D eigenvalue weighted by Crippen LogP contribution is 2.30. The monoisotopic (exact) mass is 468 g/mol. The van der Waals surface area contributed by atoms with Gasteiger partial charge in [-0.05, 0) is 54.1 Å². The highest BCUT2D eigenvalue weighted by atomic mass is 32.1. The molecule has 0 aliphatic carbocycles. The first-order valence-electron chi connectivity index (χ1n) is 10.1. The zero-order valence-corrected chi connectivity index (χ0v) is 18.7. The molecule has 1 aliphatic heterocycles. The normalized spacial score (nSPS) is 14.6. The summed E-state index contributed by atoms with van der Waals surface area (Å²) in [5.41, 5.74) is 6.74. The molecule has 1 amide bonds. The van der Waals surface area contributed by atoms with Gasteiger partial charge in [-0.3, -0.25) is 10.1 Å². The fraction of sp³-hybridized carbons (Fsp3) is 0. The van der Waals surface area contributed by atoms with E-state index in [1.54, 1.807) is 28.7 Å². The maximum absolute atomic E-state index is 12.4. The lowest BCUT2D eigenvalue weighted by Gasteiger charge is -2.04. The summed E-state index contributed by atoms with van der Waals surface area (Å²) in [6, 6.07) is 21.7. The number of carbonyl (C=O) groups is 1. The van der Waals surface area contributed by atoms with Crippen LogP contribution in [0.5, 0.6) is 0 Å². The second-order valence-electron chi connectivity index (χ2n) is 7.34. The lowest BCUT2D eigenvalue weighted by Crippen LogP contribution is -2.29. The van der Waals surface area contributed by atoms with Crippen molar-refractivity contribution in [2.24, 2.45) is 4.99 Å². The first-order valence-corrected chi connectivity index (χ1v) is 11.8. The van der Waals surface area contributed by atoms with Crippen LogP contribution in [0.2, 0.25) is 0 Å². The van der Waals surface area contributed by atoms with Crippen LogP contribution in [0, 0.1) is 0 Å². The van der Waals surface area contributed by atoms with Gasteiger partial charge in [0.2, 0.25) is 5.96 Å². The van der Waals surface area contributed by atoms with Crippen LogP contribution in [0.3, 0.4) is 0 Å². The van der Waals surface area contributed by atoms with Crippen LogP contribution >= 0.6 is 22.7 Å². The van der Waals surface area contributed by atoms with Crippen LogP contribution in [-0.4, -0.2) is 21.8 Å². The van der Waals surface area contributed by atoms with Gasteiger partial charge < -0.3 is 10.6 Å². The van der Waals surface area contributed by atoms with E-state index in [9.17, 15) is 4.79 Å². The molecule has 3 aromatic carbocycles. The first-order chi connectivity index (χ1) is 16.2. The van der Waals surface area contributed by atoms with Crippen LogP contribution in [0.15, 0.2) is 82.9 Å². The Morgan fingerprint density at radius 3 is 2.67 bits per heavy atom. The van der Waals surface area contributed by atoms with Gasteiger partial charge in [0.15, 0.2) is 5.13 Å². The zero-order valence-electron chi connectivity index (χ0n) is 17.1. The Bertz CT molecular complexity index is 1570. The molecule has 0 unspecified atom stereocenters. The molecule has 6 rings (SSSR count). The average Bonchev–Trinajstić information content (AvgIpc) is 3.52.